The van der Waals surface area contributed by atoms with Crippen LogP contribution in [0.1, 0.15) is 11.1 Å². The predicted molar refractivity (Wildman–Crippen MR) is 167 cm³/mol. The van der Waals surface area contributed by atoms with Crippen molar-refractivity contribution in [3.63, 3.8) is 0 Å². The van der Waals surface area contributed by atoms with Crippen LogP contribution in [0.3, 0.4) is 0 Å². The number of rotatable bonds is 10. The molecule has 40 heavy (non-hydrogen) atoms. The van der Waals surface area contributed by atoms with Crippen molar-refractivity contribution < 1.29 is 9.47 Å². The third-order valence-corrected chi connectivity index (χ3v) is 7.80. The Bertz CT molecular complexity index is 1570. The summed E-state index contributed by atoms with van der Waals surface area (Å²) in [7, 11) is 3.22. The third-order valence-electron chi connectivity index (χ3n) is 5.62. The van der Waals surface area contributed by atoms with Crippen LogP contribution in [-0.2, 0) is 0 Å². The van der Waals surface area contributed by atoms with E-state index in [0.717, 1.165) is 33.6 Å². The van der Waals surface area contributed by atoms with Gasteiger partial charge in [-0.1, -0.05) is 59.6 Å². The minimum absolute atomic E-state index is 0.620. The van der Waals surface area contributed by atoms with Crippen molar-refractivity contribution in [1.82, 2.24) is 9.97 Å². The fourth-order valence-electron chi connectivity index (χ4n) is 3.67. The average Bonchev–Trinajstić information content (AvgIpc) is 3.64. The number of thiazole rings is 2. The highest BCUT2D eigenvalue weighted by Gasteiger charge is 2.18. The van der Waals surface area contributed by atoms with Gasteiger partial charge in [0.1, 0.15) is 11.5 Å². The Hall–Kier alpha value is -3.96. The van der Waals surface area contributed by atoms with Gasteiger partial charge in [0.25, 0.3) is 0 Å². The number of benzene rings is 3. The average molecular weight is 610 g/mol. The van der Waals surface area contributed by atoms with Gasteiger partial charge in [-0.25, -0.2) is 9.97 Å². The van der Waals surface area contributed by atoms with Crippen LogP contribution in [0.15, 0.2) is 81.6 Å². The van der Waals surface area contributed by atoms with Gasteiger partial charge < -0.3 is 9.47 Å². The topological polar surface area (TPSA) is 93.0 Å². The summed E-state index contributed by atoms with van der Waals surface area (Å²) in [5.41, 5.74) is 10.6. The quantitative estimate of drug-likeness (QED) is 0.123. The first-order valence-electron chi connectivity index (χ1n) is 11.8. The molecule has 202 valence electrons. The van der Waals surface area contributed by atoms with E-state index < -0.39 is 0 Å². The fraction of sp³-hybridized carbons (Fsp3) is 0.0714. The summed E-state index contributed by atoms with van der Waals surface area (Å²) in [5.74, 6) is 1.24. The van der Waals surface area contributed by atoms with E-state index in [1.807, 2.05) is 71.4 Å². The molecule has 0 radical (unpaired) electrons. The molecule has 0 fully saturated rings. The Morgan fingerprint density at radius 2 is 1.15 bits per heavy atom. The molecule has 8 nitrogen and oxygen atoms in total. The van der Waals surface area contributed by atoms with Gasteiger partial charge in [-0.15, -0.1) is 22.7 Å². The number of hydrazone groups is 2. The van der Waals surface area contributed by atoms with Gasteiger partial charge in [0.15, 0.2) is 0 Å². The van der Waals surface area contributed by atoms with E-state index in [1.54, 1.807) is 26.6 Å². The van der Waals surface area contributed by atoms with Crippen molar-refractivity contribution in [2.24, 2.45) is 10.2 Å². The predicted octanol–water partition coefficient (Wildman–Crippen LogP) is 8.15. The number of anilines is 2. The van der Waals surface area contributed by atoms with Crippen molar-refractivity contribution in [3.8, 4) is 34.0 Å². The van der Waals surface area contributed by atoms with Crippen LogP contribution < -0.4 is 20.3 Å². The second-order valence-corrected chi connectivity index (χ2v) is 10.6. The molecule has 0 saturated carbocycles. The Labute approximate surface area is 249 Å². The van der Waals surface area contributed by atoms with Gasteiger partial charge >= 0.3 is 0 Å². The maximum atomic E-state index is 6.20. The van der Waals surface area contributed by atoms with E-state index in [4.69, 9.17) is 42.6 Å². The first-order chi connectivity index (χ1) is 19.6. The molecular weight excluding hydrogens is 587 g/mol. The molecule has 0 saturated heterocycles. The van der Waals surface area contributed by atoms with Crippen molar-refractivity contribution >= 4 is 68.6 Å². The zero-order valence-corrected chi connectivity index (χ0v) is 24.4. The summed E-state index contributed by atoms with van der Waals surface area (Å²) in [6.45, 7) is 0. The summed E-state index contributed by atoms with van der Waals surface area (Å²) in [6.07, 6.45) is 3.31. The normalized spacial score (nSPS) is 11.3. The molecule has 0 amide bonds. The van der Waals surface area contributed by atoms with Gasteiger partial charge in [-0.3, -0.25) is 10.9 Å². The number of halogens is 2. The zero-order chi connectivity index (χ0) is 27.9. The van der Waals surface area contributed by atoms with E-state index in [2.05, 4.69) is 21.1 Å². The third kappa shape index (κ3) is 6.43. The maximum absolute atomic E-state index is 6.20. The molecule has 5 aromatic rings. The van der Waals surface area contributed by atoms with Crippen LogP contribution >= 0.6 is 45.9 Å². The Balaban J connectivity index is 1.37. The molecule has 0 aliphatic carbocycles. The second-order valence-electron chi connectivity index (χ2n) is 8.11. The van der Waals surface area contributed by atoms with Gasteiger partial charge in [0, 0.05) is 49.1 Å². The smallest absolute Gasteiger partial charge is 0.203 e. The molecule has 3 aromatic carbocycles. The molecule has 2 heterocycles. The van der Waals surface area contributed by atoms with Crippen molar-refractivity contribution in [2.75, 3.05) is 25.1 Å². The number of methoxy groups -OCH3 is 2. The van der Waals surface area contributed by atoms with Crippen molar-refractivity contribution in [3.05, 3.63) is 92.6 Å². The van der Waals surface area contributed by atoms with Crippen LogP contribution in [0.2, 0.25) is 10.0 Å². The Morgan fingerprint density at radius 3 is 1.57 bits per heavy atom. The van der Waals surface area contributed by atoms with Crippen molar-refractivity contribution in [2.45, 2.75) is 0 Å². The number of hydrogen-bond donors (Lipinski definition) is 2. The summed E-state index contributed by atoms with van der Waals surface area (Å²) >= 11 is 15.2. The van der Waals surface area contributed by atoms with Crippen molar-refractivity contribution in [1.29, 1.82) is 0 Å². The van der Waals surface area contributed by atoms with E-state index >= 15 is 0 Å². The highest BCUT2D eigenvalue weighted by atomic mass is 35.5. The van der Waals surface area contributed by atoms with E-state index in [9.17, 15) is 0 Å². The number of aromatic nitrogens is 2. The van der Waals surface area contributed by atoms with Crippen LogP contribution in [0.4, 0.5) is 10.3 Å². The lowest BCUT2D eigenvalue weighted by Crippen LogP contribution is -1.95. The molecule has 0 aliphatic rings. The van der Waals surface area contributed by atoms with Gasteiger partial charge in [-0.05, 0) is 18.2 Å². The highest BCUT2D eigenvalue weighted by Crippen LogP contribution is 2.42. The molecule has 0 unspecified atom stereocenters. The van der Waals surface area contributed by atoms with E-state index in [0.29, 0.717) is 31.8 Å². The highest BCUT2D eigenvalue weighted by molar-refractivity contribution is 7.14. The molecular formula is C28H22Cl2N6O2S2. The summed E-state index contributed by atoms with van der Waals surface area (Å²) in [5, 5.41) is 14.9. The van der Waals surface area contributed by atoms with Gasteiger partial charge in [0.2, 0.25) is 10.3 Å². The van der Waals surface area contributed by atoms with E-state index in [-0.39, 0.29) is 0 Å². The van der Waals surface area contributed by atoms with Gasteiger partial charge in [0.05, 0.1) is 38.0 Å². The molecule has 2 aromatic heterocycles. The maximum Gasteiger partial charge on any atom is 0.203 e. The zero-order valence-electron chi connectivity index (χ0n) is 21.3. The largest absolute Gasteiger partial charge is 0.496 e. The molecule has 0 atom stereocenters. The number of ether oxygens (including phenoxy) is 2. The molecule has 12 heteroatoms. The summed E-state index contributed by atoms with van der Waals surface area (Å²) in [6, 6.07) is 18.7. The van der Waals surface area contributed by atoms with Crippen LogP contribution in [-0.4, -0.2) is 36.6 Å². The van der Waals surface area contributed by atoms with Crippen LogP contribution in [0.5, 0.6) is 11.5 Å². The van der Waals surface area contributed by atoms with E-state index in [1.165, 1.54) is 22.7 Å². The number of hydrogen-bond acceptors (Lipinski definition) is 10. The minimum Gasteiger partial charge on any atom is -0.496 e. The monoisotopic (exact) mass is 608 g/mol. The van der Waals surface area contributed by atoms with Gasteiger partial charge in [-0.2, -0.15) is 10.2 Å². The first kappa shape index (κ1) is 27.6. The lowest BCUT2D eigenvalue weighted by atomic mass is 10.0. The molecule has 2 N–H and O–H groups in total. The lowest BCUT2D eigenvalue weighted by molar-refractivity contribution is 0.396. The first-order valence-corrected chi connectivity index (χ1v) is 14.3. The fourth-order valence-corrected chi connectivity index (χ4v) is 5.36. The standard InChI is InChI=1S/C28H22Cl2N6O2S2/c1-37-25-12-26(38-2)20(24-16-40-28(34-24)36-32-14-18-8-4-6-10-22(18)30)11-19(25)23-15-39-27(33-23)35-31-13-17-7-3-5-9-21(17)29/h3-16H,1-2H3,(H,33,35)(H,34,36). The molecule has 0 aliphatic heterocycles. The van der Waals surface area contributed by atoms with Crippen LogP contribution in [0, 0.1) is 0 Å². The number of nitrogens with one attached hydrogen (secondary N) is 2. The number of nitrogens with zero attached hydrogens (tertiary/aromatic N) is 4. The SMILES string of the molecule is COc1cc(OC)c(-c2csc(NN=Cc3ccccc3Cl)n2)cc1-c1csc(NN=Cc2ccccc2Cl)n1. The summed E-state index contributed by atoms with van der Waals surface area (Å²) in [4.78, 5) is 9.39. The molecule has 0 spiro atoms. The minimum atomic E-state index is 0.620. The lowest BCUT2D eigenvalue weighted by Gasteiger charge is -2.13. The Morgan fingerprint density at radius 1 is 0.700 bits per heavy atom. The molecule has 0 bridgehead atoms. The second kappa shape index (κ2) is 12.9. The van der Waals surface area contributed by atoms with Crippen LogP contribution in [0.25, 0.3) is 22.5 Å². The Kier molecular flexibility index (Phi) is 8.92. The summed E-state index contributed by atoms with van der Waals surface area (Å²) < 4.78 is 11.3. The molecule has 5 rings (SSSR count).